The fourth-order valence-electron chi connectivity index (χ4n) is 3.64. The second kappa shape index (κ2) is 12.7. The maximum absolute atomic E-state index is 13.0. The number of hydrogen-bond acceptors (Lipinski definition) is 6. The Kier molecular flexibility index (Phi) is 9.68. The number of benzene rings is 2. The van der Waals surface area contributed by atoms with Gasteiger partial charge in [0.05, 0.1) is 24.7 Å². The first-order valence-electron chi connectivity index (χ1n) is 11.3. The molecule has 9 heteroatoms. The molecule has 1 amide bonds. The molecule has 1 aliphatic rings. The topological polar surface area (TPSA) is 97.0 Å². The fourth-order valence-corrected chi connectivity index (χ4v) is 4.83. The van der Waals surface area contributed by atoms with Crippen LogP contribution in [0.5, 0.6) is 5.75 Å². The molecule has 2 aromatic carbocycles. The lowest BCUT2D eigenvalue weighted by atomic mass is 10.1. The van der Waals surface area contributed by atoms with Crippen molar-refractivity contribution in [2.24, 2.45) is 0 Å². The summed E-state index contributed by atoms with van der Waals surface area (Å²) in [5.41, 5.74) is 0.875. The quantitative estimate of drug-likeness (QED) is 0.455. The summed E-state index contributed by atoms with van der Waals surface area (Å²) in [6.07, 6.45) is 1.04. The van der Waals surface area contributed by atoms with Crippen LogP contribution >= 0.6 is 0 Å². The lowest BCUT2D eigenvalue weighted by molar-refractivity contribution is -0.122. The molecule has 1 fully saturated rings. The molecule has 0 aromatic heterocycles. The molecular weight excluding hydrogens is 442 g/mol. The van der Waals surface area contributed by atoms with Gasteiger partial charge in [-0.2, -0.15) is 4.72 Å². The Labute approximate surface area is 196 Å². The van der Waals surface area contributed by atoms with Crippen molar-refractivity contribution in [1.82, 2.24) is 14.9 Å². The Morgan fingerprint density at radius 2 is 1.79 bits per heavy atom. The van der Waals surface area contributed by atoms with Gasteiger partial charge in [-0.05, 0) is 56.1 Å². The van der Waals surface area contributed by atoms with Gasteiger partial charge in [0.1, 0.15) is 11.8 Å². The number of sulfonamides is 1. The molecule has 8 nitrogen and oxygen atoms in total. The Hall–Kier alpha value is -2.46. The predicted octanol–water partition coefficient (Wildman–Crippen LogP) is 1.81. The number of nitrogens with one attached hydrogen (secondary N) is 2. The van der Waals surface area contributed by atoms with Gasteiger partial charge in [0.15, 0.2) is 0 Å². The second-order valence-electron chi connectivity index (χ2n) is 7.87. The minimum atomic E-state index is -3.89. The van der Waals surface area contributed by atoms with Gasteiger partial charge in [0, 0.05) is 19.6 Å². The summed E-state index contributed by atoms with van der Waals surface area (Å²) in [4.78, 5) is 15.3. The van der Waals surface area contributed by atoms with E-state index in [1.54, 1.807) is 12.1 Å². The zero-order valence-electron chi connectivity index (χ0n) is 19.0. The first-order chi connectivity index (χ1) is 16.0. The summed E-state index contributed by atoms with van der Waals surface area (Å²) in [6, 6.07) is 14.6. The first kappa shape index (κ1) is 25.2. The largest absolute Gasteiger partial charge is 0.494 e. The molecule has 3 rings (SSSR count). The van der Waals surface area contributed by atoms with Gasteiger partial charge in [-0.25, -0.2) is 8.42 Å². The fraction of sp³-hybridized carbons (Fsp3) is 0.458. The molecule has 0 spiro atoms. The van der Waals surface area contributed by atoms with E-state index in [2.05, 4.69) is 14.9 Å². The van der Waals surface area contributed by atoms with Crippen LogP contribution in [0, 0.1) is 0 Å². The van der Waals surface area contributed by atoms with E-state index in [-0.39, 0.29) is 17.2 Å². The highest BCUT2D eigenvalue weighted by atomic mass is 32.2. The normalized spacial score (nSPS) is 15.7. The van der Waals surface area contributed by atoms with Crippen molar-refractivity contribution in [3.63, 3.8) is 0 Å². The lowest BCUT2D eigenvalue weighted by Gasteiger charge is -2.26. The molecule has 0 bridgehead atoms. The summed E-state index contributed by atoms with van der Waals surface area (Å²) in [5.74, 6) is 0.255. The molecule has 0 unspecified atom stereocenters. The molecular formula is C24H33N3O5S. The van der Waals surface area contributed by atoms with Gasteiger partial charge in [-0.15, -0.1) is 0 Å². The van der Waals surface area contributed by atoms with Crippen LogP contribution in [0.1, 0.15) is 18.9 Å². The van der Waals surface area contributed by atoms with E-state index in [0.29, 0.717) is 18.9 Å². The number of carbonyl (C=O) groups excluding carboxylic acids is 1. The Morgan fingerprint density at radius 1 is 1.09 bits per heavy atom. The third-order valence-electron chi connectivity index (χ3n) is 5.40. The van der Waals surface area contributed by atoms with Gasteiger partial charge < -0.3 is 14.8 Å². The van der Waals surface area contributed by atoms with Crippen LogP contribution < -0.4 is 14.8 Å². The van der Waals surface area contributed by atoms with Crippen LogP contribution in [0.15, 0.2) is 59.5 Å². The number of amides is 1. The van der Waals surface area contributed by atoms with E-state index >= 15 is 0 Å². The number of rotatable bonds is 12. The van der Waals surface area contributed by atoms with Crippen molar-refractivity contribution >= 4 is 15.9 Å². The number of hydrogen-bond donors (Lipinski definition) is 2. The van der Waals surface area contributed by atoms with Crippen LogP contribution in [0.4, 0.5) is 0 Å². The van der Waals surface area contributed by atoms with Crippen LogP contribution in [0.3, 0.4) is 0 Å². The molecule has 0 saturated carbocycles. The van der Waals surface area contributed by atoms with E-state index in [1.807, 2.05) is 37.3 Å². The molecule has 33 heavy (non-hydrogen) atoms. The smallest absolute Gasteiger partial charge is 0.241 e. The van der Waals surface area contributed by atoms with Gasteiger partial charge in [-0.3, -0.25) is 9.69 Å². The van der Waals surface area contributed by atoms with E-state index in [0.717, 1.165) is 44.8 Å². The number of morpholine rings is 1. The molecule has 0 aliphatic carbocycles. The standard InChI is InChI=1S/C24H33N3O5S/c1-2-32-21-9-11-22(12-10-21)33(29,30)26-23(19-20-7-4-3-5-8-20)24(28)25-13-6-14-27-15-17-31-18-16-27/h3-5,7-12,23,26H,2,6,13-19H2,1H3,(H,25,28)/t23-/m0/s1. The minimum absolute atomic E-state index is 0.0872. The van der Waals surface area contributed by atoms with Crippen LogP contribution in [-0.2, 0) is 26.0 Å². The molecule has 1 atom stereocenters. The average molecular weight is 476 g/mol. The Balaban J connectivity index is 1.63. The summed E-state index contributed by atoms with van der Waals surface area (Å²) >= 11 is 0. The highest BCUT2D eigenvalue weighted by Crippen LogP contribution is 2.17. The van der Waals surface area contributed by atoms with Crippen molar-refractivity contribution in [2.45, 2.75) is 30.7 Å². The van der Waals surface area contributed by atoms with Crippen LogP contribution in [-0.4, -0.2) is 71.3 Å². The maximum atomic E-state index is 13.0. The second-order valence-corrected chi connectivity index (χ2v) is 9.58. The van der Waals surface area contributed by atoms with Crippen molar-refractivity contribution in [3.8, 4) is 5.75 Å². The summed E-state index contributed by atoms with van der Waals surface area (Å²) in [5, 5.41) is 2.90. The van der Waals surface area contributed by atoms with Crippen molar-refractivity contribution in [1.29, 1.82) is 0 Å². The van der Waals surface area contributed by atoms with E-state index < -0.39 is 16.1 Å². The van der Waals surface area contributed by atoms with E-state index in [1.165, 1.54) is 12.1 Å². The van der Waals surface area contributed by atoms with Gasteiger partial charge in [0.25, 0.3) is 0 Å². The lowest BCUT2D eigenvalue weighted by Crippen LogP contribution is -2.48. The minimum Gasteiger partial charge on any atom is -0.494 e. The Bertz CT molecular complexity index is 961. The predicted molar refractivity (Wildman–Crippen MR) is 127 cm³/mol. The molecule has 2 aromatic rings. The first-order valence-corrected chi connectivity index (χ1v) is 12.8. The molecule has 0 radical (unpaired) electrons. The number of ether oxygens (including phenoxy) is 2. The number of nitrogens with zero attached hydrogens (tertiary/aromatic N) is 1. The molecule has 1 saturated heterocycles. The third-order valence-corrected chi connectivity index (χ3v) is 6.88. The van der Waals surface area contributed by atoms with E-state index in [9.17, 15) is 13.2 Å². The summed E-state index contributed by atoms with van der Waals surface area (Å²) in [7, 11) is -3.89. The Morgan fingerprint density at radius 3 is 2.45 bits per heavy atom. The van der Waals surface area contributed by atoms with Crippen LogP contribution in [0.2, 0.25) is 0 Å². The summed E-state index contributed by atoms with van der Waals surface area (Å²) < 4.78 is 39.3. The van der Waals surface area contributed by atoms with Crippen molar-refractivity contribution in [2.75, 3.05) is 46.0 Å². The van der Waals surface area contributed by atoms with Crippen molar-refractivity contribution in [3.05, 3.63) is 60.2 Å². The SMILES string of the molecule is CCOc1ccc(S(=O)(=O)N[C@@H](Cc2ccccc2)C(=O)NCCCN2CCOCC2)cc1. The molecule has 1 aliphatic heterocycles. The van der Waals surface area contributed by atoms with Crippen molar-refractivity contribution < 1.29 is 22.7 Å². The van der Waals surface area contributed by atoms with Gasteiger partial charge in [0.2, 0.25) is 15.9 Å². The monoisotopic (exact) mass is 475 g/mol. The maximum Gasteiger partial charge on any atom is 0.241 e. The highest BCUT2D eigenvalue weighted by molar-refractivity contribution is 7.89. The van der Waals surface area contributed by atoms with Gasteiger partial charge in [-0.1, -0.05) is 30.3 Å². The van der Waals surface area contributed by atoms with Crippen LogP contribution in [0.25, 0.3) is 0 Å². The zero-order valence-corrected chi connectivity index (χ0v) is 19.9. The molecule has 180 valence electrons. The third kappa shape index (κ3) is 8.12. The van der Waals surface area contributed by atoms with E-state index in [4.69, 9.17) is 9.47 Å². The molecule has 1 heterocycles. The van der Waals surface area contributed by atoms with Gasteiger partial charge >= 0.3 is 0 Å². The zero-order chi connectivity index (χ0) is 23.5. The highest BCUT2D eigenvalue weighted by Gasteiger charge is 2.26. The molecule has 2 N–H and O–H groups in total. The average Bonchev–Trinajstić information content (AvgIpc) is 2.83. The summed E-state index contributed by atoms with van der Waals surface area (Å²) in [6.45, 7) is 6.96. The number of carbonyl (C=O) groups is 1.